The van der Waals surface area contributed by atoms with E-state index in [-0.39, 0.29) is 12.3 Å². The quantitative estimate of drug-likeness (QED) is 0.517. The topological polar surface area (TPSA) is 102 Å². The van der Waals surface area contributed by atoms with Gasteiger partial charge < -0.3 is 15.4 Å². The summed E-state index contributed by atoms with van der Waals surface area (Å²) in [5.41, 5.74) is 5.89. The number of rotatable bonds is 12. The molecule has 7 nitrogen and oxygen atoms in total. The molecule has 0 bridgehead atoms. The first-order valence-electron chi connectivity index (χ1n) is 10.2. The van der Waals surface area contributed by atoms with Crippen molar-refractivity contribution in [3.05, 3.63) is 35.9 Å². The van der Waals surface area contributed by atoms with Crippen LogP contribution in [0.1, 0.15) is 45.6 Å². The third kappa shape index (κ3) is 8.75. The number of hydrogen-bond acceptors (Lipinski definition) is 5. The average Bonchev–Trinajstić information content (AvgIpc) is 2.71. The molecule has 1 rings (SSSR count). The first kappa shape index (κ1) is 24.8. The zero-order valence-corrected chi connectivity index (χ0v) is 18.1. The van der Waals surface area contributed by atoms with E-state index in [1.54, 1.807) is 25.8 Å². The molecule has 29 heavy (non-hydrogen) atoms. The maximum absolute atomic E-state index is 12.8. The van der Waals surface area contributed by atoms with Crippen LogP contribution in [0.5, 0.6) is 0 Å². The average molecular weight is 406 g/mol. The molecule has 0 saturated heterocycles. The number of nitrogens with zero attached hydrogens (tertiary/aromatic N) is 1. The van der Waals surface area contributed by atoms with Crippen molar-refractivity contribution in [2.45, 2.75) is 52.0 Å². The fourth-order valence-corrected chi connectivity index (χ4v) is 2.67. The Labute approximate surface area is 174 Å². The Balaban J connectivity index is 2.80. The van der Waals surface area contributed by atoms with Gasteiger partial charge in [0.25, 0.3) is 0 Å². The zero-order chi connectivity index (χ0) is 21.9. The molecule has 0 heterocycles. The number of ether oxygens (including phenoxy) is 1. The minimum atomic E-state index is -1.13. The number of imide groups is 1. The summed E-state index contributed by atoms with van der Waals surface area (Å²) in [5, 5.41) is 2.41. The Bertz CT molecular complexity index is 661. The smallest absolute Gasteiger partial charge is 0.246 e. The molecule has 1 aromatic rings. The summed E-state index contributed by atoms with van der Waals surface area (Å²) in [7, 11) is 1.69. The minimum Gasteiger partial charge on any atom is -0.380 e. The van der Waals surface area contributed by atoms with Gasteiger partial charge in [0, 0.05) is 32.5 Å². The van der Waals surface area contributed by atoms with Gasteiger partial charge in [-0.05, 0) is 38.7 Å². The highest BCUT2D eigenvalue weighted by Crippen LogP contribution is 2.16. The third-order valence-corrected chi connectivity index (χ3v) is 5.11. The number of carbonyl (C=O) groups is 3. The van der Waals surface area contributed by atoms with Crippen molar-refractivity contribution in [1.82, 2.24) is 10.2 Å². The number of aryl methyl sites for hydroxylation is 1. The molecule has 1 aromatic carbocycles. The second-order valence-electron chi connectivity index (χ2n) is 7.53. The van der Waals surface area contributed by atoms with Crippen LogP contribution in [-0.2, 0) is 25.5 Å². The Kier molecular flexibility index (Phi) is 10.5. The monoisotopic (exact) mass is 405 g/mol. The molecule has 0 aliphatic carbocycles. The summed E-state index contributed by atoms with van der Waals surface area (Å²) in [6.45, 7) is 6.75. The largest absolute Gasteiger partial charge is 0.380 e. The van der Waals surface area contributed by atoms with Crippen LogP contribution in [0.15, 0.2) is 30.3 Å². The Morgan fingerprint density at radius 1 is 1.21 bits per heavy atom. The molecular formula is C22H35N3O4. The fraction of sp³-hybridized carbons (Fsp3) is 0.591. The van der Waals surface area contributed by atoms with Crippen molar-refractivity contribution in [3.8, 4) is 0 Å². The number of benzene rings is 1. The number of carbonyl (C=O) groups excluding carboxylic acids is 3. The normalized spacial score (nSPS) is 14.0. The molecule has 0 aromatic heterocycles. The lowest BCUT2D eigenvalue weighted by Crippen LogP contribution is -2.54. The molecule has 0 aliphatic heterocycles. The minimum absolute atomic E-state index is 0.0297. The van der Waals surface area contributed by atoms with E-state index in [4.69, 9.17) is 10.5 Å². The van der Waals surface area contributed by atoms with Crippen LogP contribution in [0.2, 0.25) is 0 Å². The van der Waals surface area contributed by atoms with Gasteiger partial charge in [-0.15, -0.1) is 0 Å². The van der Waals surface area contributed by atoms with Gasteiger partial charge in [-0.3, -0.25) is 19.7 Å². The summed E-state index contributed by atoms with van der Waals surface area (Å²) >= 11 is 0. The highest BCUT2D eigenvalue weighted by Gasteiger charge is 2.31. The van der Waals surface area contributed by atoms with Crippen molar-refractivity contribution >= 4 is 17.7 Å². The molecule has 0 spiro atoms. The Morgan fingerprint density at radius 3 is 2.45 bits per heavy atom. The zero-order valence-electron chi connectivity index (χ0n) is 18.1. The molecule has 0 radical (unpaired) electrons. The van der Waals surface area contributed by atoms with E-state index in [0.717, 1.165) is 5.56 Å². The number of amides is 3. The van der Waals surface area contributed by atoms with Crippen LogP contribution >= 0.6 is 0 Å². The summed E-state index contributed by atoms with van der Waals surface area (Å²) < 4.78 is 5.28. The molecular weight excluding hydrogens is 370 g/mol. The van der Waals surface area contributed by atoms with Crippen LogP contribution in [0.4, 0.5) is 0 Å². The van der Waals surface area contributed by atoms with Crippen LogP contribution in [0.3, 0.4) is 0 Å². The lowest BCUT2D eigenvalue weighted by Gasteiger charge is -2.24. The molecule has 3 amide bonds. The lowest BCUT2D eigenvalue weighted by molar-refractivity contribution is -0.139. The van der Waals surface area contributed by atoms with E-state index in [0.29, 0.717) is 39.0 Å². The van der Waals surface area contributed by atoms with E-state index in [9.17, 15) is 14.4 Å². The van der Waals surface area contributed by atoms with Gasteiger partial charge >= 0.3 is 0 Å². The highest BCUT2D eigenvalue weighted by atomic mass is 16.5. The van der Waals surface area contributed by atoms with E-state index < -0.39 is 23.3 Å². The van der Waals surface area contributed by atoms with Gasteiger partial charge in [0.15, 0.2) is 0 Å². The molecule has 0 saturated carbocycles. The number of nitrogens with two attached hydrogens (primary N) is 1. The summed E-state index contributed by atoms with van der Waals surface area (Å²) in [5.74, 6) is -1.75. The van der Waals surface area contributed by atoms with Crippen LogP contribution < -0.4 is 11.1 Å². The molecule has 2 atom stereocenters. The second kappa shape index (κ2) is 12.3. The van der Waals surface area contributed by atoms with Crippen LogP contribution in [-0.4, -0.2) is 55.0 Å². The Morgan fingerprint density at radius 2 is 1.86 bits per heavy atom. The molecule has 0 unspecified atom stereocenters. The summed E-state index contributed by atoms with van der Waals surface area (Å²) in [6.07, 6.45) is 1.53. The van der Waals surface area contributed by atoms with Gasteiger partial charge in [0.05, 0.1) is 12.1 Å². The maximum Gasteiger partial charge on any atom is 0.246 e. The predicted octanol–water partition coefficient (Wildman–Crippen LogP) is 1.89. The molecule has 162 valence electrons. The van der Waals surface area contributed by atoms with Crippen molar-refractivity contribution in [3.63, 3.8) is 0 Å². The van der Waals surface area contributed by atoms with Gasteiger partial charge in [0.2, 0.25) is 17.7 Å². The van der Waals surface area contributed by atoms with Crippen molar-refractivity contribution in [2.24, 2.45) is 11.7 Å². The van der Waals surface area contributed by atoms with E-state index in [2.05, 4.69) is 5.32 Å². The highest BCUT2D eigenvalue weighted by molar-refractivity contribution is 6.01. The SMILES string of the molecule is CCOCCN(C)C(=O)C[C@@H](CCc1ccccc1)C(=O)NC(=O)[C@](C)(N)CC. The number of likely N-dealkylation sites (N-methyl/N-ethyl adjacent to an activating group) is 1. The van der Waals surface area contributed by atoms with Gasteiger partial charge in [-0.25, -0.2) is 0 Å². The van der Waals surface area contributed by atoms with E-state index in [1.807, 2.05) is 37.3 Å². The van der Waals surface area contributed by atoms with Crippen molar-refractivity contribution in [2.75, 3.05) is 26.8 Å². The molecule has 0 fully saturated rings. The number of hydrogen-bond donors (Lipinski definition) is 2. The third-order valence-electron chi connectivity index (χ3n) is 5.11. The standard InChI is InChI=1S/C22H35N3O4/c1-5-22(3,23)21(28)24-20(27)18(13-12-17-10-8-7-9-11-17)16-19(26)25(4)14-15-29-6-2/h7-11,18H,5-6,12-16,23H2,1-4H3,(H,24,27,28)/t18-,22-/m1/s1. The van der Waals surface area contributed by atoms with E-state index >= 15 is 0 Å². The van der Waals surface area contributed by atoms with Crippen molar-refractivity contribution in [1.29, 1.82) is 0 Å². The van der Waals surface area contributed by atoms with Gasteiger partial charge in [-0.1, -0.05) is 37.3 Å². The Hall–Kier alpha value is -2.25. The van der Waals surface area contributed by atoms with Crippen LogP contribution in [0.25, 0.3) is 0 Å². The van der Waals surface area contributed by atoms with Crippen molar-refractivity contribution < 1.29 is 19.1 Å². The first-order valence-corrected chi connectivity index (χ1v) is 10.2. The molecule has 3 N–H and O–H groups in total. The van der Waals surface area contributed by atoms with Gasteiger partial charge in [0.1, 0.15) is 0 Å². The molecule has 0 aliphatic rings. The van der Waals surface area contributed by atoms with Crippen LogP contribution in [0, 0.1) is 5.92 Å². The first-order chi connectivity index (χ1) is 13.7. The van der Waals surface area contributed by atoms with E-state index in [1.165, 1.54) is 0 Å². The summed E-state index contributed by atoms with van der Waals surface area (Å²) in [6, 6.07) is 9.74. The second-order valence-corrected chi connectivity index (χ2v) is 7.53. The fourth-order valence-electron chi connectivity index (χ4n) is 2.67. The predicted molar refractivity (Wildman–Crippen MR) is 113 cm³/mol. The molecule has 7 heteroatoms. The summed E-state index contributed by atoms with van der Waals surface area (Å²) in [4.78, 5) is 39.2. The maximum atomic E-state index is 12.8. The lowest BCUT2D eigenvalue weighted by atomic mass is 9.93. The number of nitrogens with one attached hydrogen (secondary N) is 1. The van der Waals surface area contributed by atoms with Gasteiger partial charge in [-0.2, -0.15) is 0 Å².